The number of hydrogen-bond donors (Lipinski definition) is 0. The molecule has 1 aromatic heterocycles. The average molecular weight is 393 g/mol. The fraction of sp³-hybridized carbons (Fsp3) is 0.357. The fourth-order valence-corrected chi connectivity index (χ4v) is 3.70. The number of carbonyl (C=O) groups excluding carboxylic acids is 1. The highest BCUT2D eigenvalue weighted by atomic mass is 32.2. The monoisotopic (exact) mass is 393 g/mol. The number of ether oxygens (including phenoxy) is 1. The van der Waals surface area contributed by atoms with Gasteiger partial charge in [0, 0.05) is 5.56 Å². The van der Waals surface area contributed by atoms with Gasteiger partial charge in [-0.3, -0.25) is 4.79 Å². The van der Waals surface area contributed by atoms with Gasteiger partial charge in [0.1, 0.15) is 5.82 Å². The third kappa shape index (κ3) is 3.90. The molecule has 3 rings (SSSR count). The van der Waals surface area contributed by atoms with Crippen LogP contribution in [0.3, 0.4) is 0 Å². The molecular formula is C14H11F4N3O4S. The van der Waals surface area contributed by atoms with Crippen molar-refractivity contribution in [2.75, 3.05) is 24.7 Å². The van der Waals surface area contributed by atoms with Crippen LogP contribution in [-0.2, 0) is 20.6 Å². The van der Waals surface area contributed by atoms with E-state index >= 15 is 0 Å². The standard InChI is InChI=1S/C14H11F4N3O4S/c15-10-7-8(11-19-13(25-20-11)14(16,17)18)1-2-9(10)12(22)21-26(23)5-3-24-4-6-26/h1-2,7H,3-6H2. The molecule has 2 heterocycles. The van der Waals surface area contributed by atoms with Gasteiger partial charge < -0.3 is 9.26 Å². The zero-order valence-corrected chi connectivity index (χ0v) is 13.8. The zero-order valence-electron chi connectivity index (χ0n) is 13.0. The van der Waals surface area contributed by atoms with Crippen molar-refractivity contribution in [2.24, 2.45) is 4.36 Å². The van der Waals surface area contributed by atoms with E-state index in [1.54, 1.807) is 0 Å². The second kappa shape index (κ2) is 6.76. The minimum atomic E-state index is -4.83. The molecule has 1 aliphatic rings. The number of aromatic nitrogens is 2. The predicted octanol–water partition coefficient (Wildman–Crippen LogP) is 2.53. The van der Waals surface area contributed by atoms with E-state index in [4.69, 9.17) is 4.74 Å². The van der Waals surface area contributed by atoms with Crippen molar-refractivity contribution in [1.82, 2.24) is 10.1 Å². The summed E-state index contributed by atoms with van der Waals surface area (Å²) >= 11 is 0. The Bertz CT molecular complexity index is 951. The lowest BCUT2D eigenvalue weighted by Crippen LogP contribution is -2.26. The largest absolute Gasteiger partial charge is 0.471 e. The number of rotatable bonds is 2. The first-order chi connectivity index (χ1) is 12.2. The number of amides is 1. The van der Waals surface area contributed by atoms with Crippen molar-refractivity contribution in [3.63, 3.8) is 0 Å². The van der Waals surface area contributed by atoms with Crippen LogP contribution < -0.4 is 0 Å². The van der Waals surface area contributed by atoms with Crippen LogP contribution >= 0.6 is 0 Å². The van der Waals surface area contributed by atoms with E-state index in [2.05, 4.69) is 19.0 Å². The number of hydrogen-bond acceptors (Lipinski definition) is 6. The van der Waals surface area contributed by atoms with E-state index in [1.807, 2.05) is 0 Å². The molecule has 0 radical (unpaired) electrons. The molecule has 0 aliphatic carbocycles. The molecule has 1 fully saturated rings. The Labute approximate surface area is 144 Å². The SMILES string of the molecule is O=C(N=S1(=O)CCOCC1)c1ccc(-c2noc(C(F)(F)F)n2)cc1F. The molecule has 1 amide bonds. The van der Waals surface area contributed by atoms with E-state index in [9.17, 15) is 26.6 Å². The van der Waals surface area contributed by atoms with Crippen LogP contribution in [0, 0.1) is 5.82 Å². The quantitative estimate of drug-likeness (QED) is 0.728. The van der Waals surface area contributed by atoms with Crippen molar-refractivity contribution < 1.29 is 35.8 Å². The van der Waals surface area contributed by atoms with Crippen molar-refractivity contribution >= 4 is 15.6 Å². The van der Waals surface area contributed by atoms with Gasteiger partial charge in [-0.25, -0.2) is 8.60 Å². The molecule has 140 valence electrons. The molecule has 12 heteroatoms. The lowest BCUT2D eigenvalue weighted by molar-refractivity contribution is -0.159. The molecule has 0 unspecified atom stereocenters. The highest BCUT2D eigenvalue weighted by Gasteiger charge is 2.38. The number of benzene rings is 1. The van der Waals surface area contributed by atoms with Gasteiger partial charge in [-0.05, 0) is 12.1 Å². The van der Waals surface area contributed by atoms with E-state index in [-0.39, 0.29) is 30.3 Å². The van der Waals surface area contributed by atoms with Crippen LogP contribution in [0.25, 0.3) is 11.4 Å². The number of carbonyl (C=O) groups is 1. The molecule has 7 nitrogen and oxygen atoms in total. The summed E-state index contributed by atoms with van der Waals surface area (Å²) in [5, 5.41) is 3.13. The summed E-state index contributed by atoms with van der Waals surface area (Å²) in [6.45, 7) is 0.382. The van der Waals surface area contributed by atoms with Gasteiger partial charge in [0.05, 0.1) is 40.0 Å². The zero-order chi connectivity index (χ0) is 18.9. The second-order valence-corrected chi connectivity index (χ2v) is 7.85. The maximum Gasteiger partial charge on any atom is 0.471 e. The number of halogens is 4. The highest BCUT2D eigenvalue weighted by Crippen LogP contribution is 2.29. The molecule has 1 aliphatic heterocycles. The third-order valence-electron chi connectivity index (χ3n) is 3.47. The number of alkyl halides is 3. The van der Waals surface area contributed by atoms with Crippen LogP contribution in [0.5, 0.6) is 0 Å². The van der Waals surface area contributed by atoms with Crippen molar-refractivity contribution in [3.8, 4) is 11.4 Å². The first-order valence-electron chi connectivity index (χ1n) is 7.23. The third-order valence-corrected chi connectivity index (χ3v) is 5.58. The van der Waals surface area contributed by atoms with Gasteiger partial charge in [-0.1, -0.05) is 11.2 Å². The molecule has 0 spiro atoms. The van der Waals surface area contributed by atoms with Gasteiger partial charge in [-0.15, -0.1) is 0 Å². The summed E-state index contributed by atoms with van der Waals surface area (Å²) in [4.78, 5) is 15.2. The highest BCUT2D eigenvalue weighted by molar-refractivity contribution is 7.94. The van der Waals surface area contributed by atoms with Crippen LogP contribution in [0.4, 0.5) is 17.6 Å². The van der Waals surface area contributed by atoms with Gasteiger partial charge in [0.15, 0.2) is 0 Å². The molecule has 2 aromatic rings. The molecule has 1 saturated heterocycles. The Morgan fingerprint density at radius 2 is 1.92 bits per heavy atom. The van der Waals surface area contributed by atoms with Gasteiger partial charge >= 0.3 is 12.1 Å². The topological polar surface area (TPSA) is 94.7 Å². The van der Waals surface area contributed by atoms with E-state index < -0.39 is 44.9 Å². The van der Waals surface area contributed by atoms with E-state index in [0.29, 0.717) is 0 Å². The lowest BCUT2D eigenvalue weighted by Gasteiger charge is -2.15. The van der Waals surface area contributed by atoms with Crippen LogP contribution in [-0.4, -0.2) is 45.0 Å². The maximum absolute atomic E-state index is 14.2. The summed E-state index contributed by atoms with van der Waals surface area (Å²) in [5.41, 5.74) is -0.573. The van der Waals surface area contributed by atoms with E-state index in [1.165, 1.54) is 0 Å². The molecule has 0 N–H and O–H groups in total. The normalized spacial score (nSPS) is 17.1. The Morgan fingerprint density at radius 1 is 1.23 bits per heavy atom. The average Bonchev–Trinajstić information content (AvgIpc) is 3.05. The summed E-state index contributed by atoms with van der Waals surface area (Å²) in [6.07, 6.45) is -4.83. The van der Waals surface area contributed by atoms with E-state index in [0.717, 1.165) is 18.2 Å². The smallest absolute Gasteiger partial charge is 0.379 e. The molecular weight excluding hydrogens is 382 g/mol. The fourth-order valence-electron chi connectivity index (χ4n) is 2.16. The van der Waals surface area contributed by atoms with Crippen LogP contribution in [0.15, 0.2) is 27.1 Å². The minimum Gasteiger partial charge on any atom is -0.379 e. The first kappa shape index (κ1) is 18.5. The minimum absolute atomic E-state index is 0.0710. The maximum atomic E-state index is 14.2. The van der Waals surface area contributed by atoms with Crippen molar-refractivity contribution in [3.05, 3.63) is 35.5 Å². The van der Waals surface area contributed by atoms with Gasteiger partial charge in [-0.2, -0.15) is 22.5 Å². The van der Waals surface area contributed by atoms with Crippen LogP contribution in [0.2, 0.25) is 0 Å². The Morgan fingerprint density at radius 3 is 2.50 bits per heavy atom. The van der Waals surface area contributed by atoms with Crippen LogP contribution in [0.1, 0.15) is 16.2 Å². The summed E-state index contributed by atoms with van der Waals surface area (Å²) in [7, 11) is -2.81. The molecule has 0 bridgehead atoms. The summed E-state index contributed by atoms with van der Waals surface area (Å²) in [5.74, 6) is -3.97. The molecule has 26 heavy (non-hydrogen) atoms. The van der Waals surface area contributed by atoms with Gasteiger partial charge in [0.2, 0.25) is 5.82 Å². The number of nitrogens with zero attached hydrogens (tertiary/aromatic N) is 3. The molecule has 0 saturated carbocycles. The summed E-state index contributed by atoms with van der Waals surface area (Å²) < 4.78 is 76.7. The molecule has 1 aromatic carbocycles. The molecule has 0 atom stereocenters. The van der Waals surface area contributed by atoms with Gasteiger partial charge in [0.25, 0.3) is 5.91 Å². The first-order valence-corrected chi connectivity index (χ1v) is 9.09. The summed E-state index contributed by atoms with van der Waals surface area (Å²) in [6, 6.07) is 2.94. The Hall–Kier alpha value is -2.34. The Kier molecular flexibility index (Phi) is 4.80. The van der Waals surface area contributed by atoms with Crippen molar-refractivity contribution in [2.45, 2.75) is 6.18 Å². The predicted molar refractivity (Wildman–Crippen MR) is 80.1 cm³/mol. The lowest BCUT2D eigenvalue weighted by atomic mass is 10.1. The second-order valence-electron chi connectivity index (χ2n) is 5.31. The Balaban J connectivity index is 1.88. The van der Waals surface area contributed by atoms with Crippen molar-refractivity contribution in [1.29, 1.82) is 0 Å².